The van der Waals surface area contributed by atoms with Gasteiger partial charge in [0.1, 0.15) is 0 Å². The van der Waals surface area contributed by atoms with E-state index in [4.69, 9.17) is 0 Å². The first kappa shape index (κ1) is 18.7. The molecule has 0 heterocycles. The zero-order valence-electron chi connectivity index (χ0n) is 14.9. The van der Waals surface area contributed by atoms with Crippen LogP contribution in [-0.4, -0.2) is 5.92 Å². The van der Waals surface area contributed by atoms with Gasteiger partial charge < -0.3 is 0 Å². The molecule has 0 aromatic heterocycles. The van der Waals surface area contributed by atoms with Gasteiger partial charge in [-0.25, -0.2) is 17.6 Å². The molecule has 140 valence electrons. The lowest BCUT2D eigenvalue weighted by Crippen LogP contribution is -2.41. The molecule has 0 bridgehead atoms. The van der Waals surface area contributed by atoms with Crippen LogP contribution in [-0.2, 0) is 0 Å². The van der Waals surface area contributed by atoms with Crippen LogP contribution in [0, 0.1) is 29.4 Å². The van der Waals surface area contributed by atoms with Gasteiger partial charge in [-0.1, -0.05) is 25.8 Å². The van der Waals surface area contributed by atoms with Crippen molar-refractivity contribution in [1.29, 1.82) is 0 Å². The average Bonchev–Trinajstić information content (AvgIpc) is 2.57. The maximum Gasteiger partial charge on any atom is 0.251 e. The average molecular weight is 356 g/mol. The summed E-state index contributed by atoms with van der Waals surface area (Å²) in [6.07, 6.45) is 6.62. The maximum atomic E-state index is 14.7. The lowest BCUT2D eigenvalue weighted by molar-refractivity contribution is -0.127. The molecule has 0 saturated heterocycles. The molecule has 2 fully saturated rings. The van der Waals surface area contributed by atoms with Crippen molar-refractivity contribution in [2.45, 2.75) is 76.6 Å². The summed E-state index contributed by atoms with van der Waals surface area (Å²) in [4.78, 5) is 0. The Morgan fingerprint density at radius 3 is 2.28 bits per heavy atom. The minimum absolute atomic E-state index is 0.0502. The van der Waals surface area contributed by atoms with E-state index >= 15 is 0 Å². The third-order valence-corrected chi connectivity index (χ3v) is 6.44. The molecular weight excluding hydrogens is 328 g/mol. The van der Waals surface area contributed by atoms with E-state index < -0.39 is 23.5 Å². The first-order valence-corrected chi connectivity index (χ1v) is 9.73. The normalized spacial score (nSPS) is 32.5. The monoisotopic (exact) mass is 356 g/mol. The van der Waals surface area contributed by atoms with Crippen molar-refractivity contribution in [1.82, 2.24) is 0 Å². The molecule has 2 atom stereocenters. The van der Waals surface area contributed by atoms with Gasteiger partial charge in [0.15, 0.2) is 11.6 Å². The molecule has 2 saturated carbocycles. The smallest absolute Gasteiger partial charge is 0.207 e. The molecule has 2 aliphatic rings. The van der Waals surface area contributed by atoms with Gasteiger partial charge in [0.25, 0.3) is 5.92 Å². The summed E-state index contributed by atoms with van der Waals surface area (Å²) in [5.41, 5.74) is 0.802. The van der Waals surface area contributed by atoms with Crippen LogP contribution < -0.4 is 0 Å². The van der Waals surface area contributed by atoms with Gasteiger partial charge in [0.2, 0.25) is 0 Å². The highest BCUT2D eigenvalue weighted by Gasteiger charge is 2.48. The molecule has 0 nitrogen and oxygen atoms in total. The molecule has 25 heavy (non-hydrogen) atoms. The van der Waals surface area contributed by atoms with E-state index in [2.05, 4.69) is 6.92 Å². The molecule has 0 spiro atoms. The summed E-state index contributed by atoms with van der Waals surface area (Å²) in [5, 5.41) is 0. The lowest BCUT2D eigenvalue weighted by Gasteiger charge is -2.42. The second-order valence-electron chi connectivity index (χ2n) is 8.09. The van der Waals surface area contributed by atoms with Crippen LogP contribution in [0.25, 0.3) is 0 Å². The van der Waals surface area contributed by atoms with Crippen molar-refractivity contribution in [2.75, 3.05) is 0 Å². The number of alkyl halides is 2. The molecule has 2 aliphatic carbocycles. The van der Waals surface area contributed by atoms with Gasteiger partial charge in [0, 0.05) is 12.3 Å². The molecule has 4 heteroatoms. The van der Waals surface area contributed by atoms with E-state index in [1.54, 1.807) is 6.07 Å². The fraction of sp³-hybridized carbons (Fsp3) is 0.714. The van der Waals surface area contributed by atoms with E-state index in [9.17, 15) is 17.6 Å². The van der Waals surface area contributed by atoms with Crippen LogP contribution in [0.1, 0.15) is 76.2 Å². The first-order chi connectivity index (χ1) is 11.9. The van der Waals surface area contributed by atoms with Crippen LogP contribution in [0.3, 0.4) is 0 Å². The minimum atomic E-state index is -2.54. The molecule has 0 radical (unpaired) electrons. The van der Waals surface area contributed by atoms with E-state index in [1.807, 2.05) is 0 Å². The predicted octanol–water partition coefficient (Wildman–Crippen LogP) is 7.09. The Morgan fingerprint density at radius 2 is 1.68 bits per heavy atom. The topological polar surface area (TPSA) is 0 Å². The van der Waals surface area contributed by atoms with E-state index in [-0.39, 0.29) is 24.2 Å². The maximum absolute atomic E-state index is 14.7. The molecule has 0 amide bonds. The molecule has 1 aromatic carbocycles. The van der Waals surface area contributed by atoms with Gasteiger partial charge in [-0.15, -0.1) is 0 Å². The molecule has 3 rings (SSSR count). The summed E-state index contributed by atoms with van der Waals surface area (Å²) in [6, 6.07) is 4.07. The zero-order chi connectivity index (χ0) is 18.0. The molecule has 0 N–H and O–H groups in total. The summed E-state index contributed by atoms with van der Waals surface area (Å²) < 4.78 is 55.8. The third kappa shape index (κ3) is 4.20. The van der Waals surface area contributed by atoms with Gasteiger partial charge >= 0.3 is 0 Å². The number of rotatable bonds is 4. The number of hydrogen-bond donors (Lipinski definition) is 0. The van der Waals surface area contributed by atoms with Crippen molar-refractivity contribution < 1.29 is 17.6 Å². The predicted molar refractivity (Wildman–Crippen MR) is 91.7 cm³/mol. The highest BCUT2D eigenvalue weighted by atomic mass is 19.3. The summed E-state index contributed by atoms with van der Waals surface area (Å²) >= 11 is 0. The number of hydrogen-bond acceptors (Lipinski definition) is 0. The van der Waals surface area contributed by atoms with Crippen LogP contribution >= 0.6 is 0 Å². The summed E-state index contributed by atoms with van der Waals surface area (Å²) in [5.74, 6) is -4.28. The van der Waals surface area contributed by atoms with Gasteiger partial charge in [-0.05, 0) is 74.0 Å². The van der Waals surface area contributed by atoms with Gasteiger partial charge in [0.05, 0.1) is 0 Å². The zero-order valence-corrected chi connectivity index (χ0v) is 14.9. The Morgan fingerprint density at radius 1 is 0.960 bits per heavy atom. The van der Waals surface area contributed by atoms with Gasteiger partial charge in [-0.3, -0.25) is 0 Å². The summed E-state index contributed by atoms with van der Waals surface area (Å²) in [7, 11) is 0. The van der Waals surface area contributed by atoms with Gasteiger partial charge in [-0.2, -0.15) is 0 Å². The second kappa shape index (κ2) is 7.67. The van der Waals surface area contributed by atoms with Crippen molar-refractivity contribution >= 4 is 0 Å². The molecular formula is C21H28F4. The highest BCUT2D eigenvalue weighted by Crippen LogP contribution is 2.50. The largest absolute Gasteiger partial charge is 0.251 e. The Balaban J connectivity index is 1.59. The fourth-order valence-electron chi connectivity index (χ4n) is 5.12. The summed E-state index contributed by atoms with van der Waals surface area (Å²) in [6.45, 7) is 2.06. The Kier molecular flexibility index (Phi) is 5.75. The molecule has 1 aromatic rings. The van der Waals surface area contributed by atoms with E-state index in [0.29, 0.717) is 6.42 Å². The van der Waals surface area contributed by atoms with Crippen molar-refractivity contribution in [3.8, 4) is 0 Å². The first-order valence-electron chi connectivity index (χ1n) is 9.73. The van der Waals surface area contributed by atoms with Crippen LogP contribution in [0.15, 0.2) is 18.2 Å². The quantitative estimate of drug-likeness (QED) is 0.505. The molecule has 0 aliphatic heterocycles. The SMILES string of the molecule is CCC[C@H]1CC[C@H](C2CCC(c3ccc(F)c(F)c3)CC2)C(F)(F)C1. The fourth-order valence-corrected chi connectivity index (χ4v) is 5.12. The Labute approximate surface area is 148 Å². The third-order valence-electron chi connectivity index (χ3n) is 6.44. The van der Waals surface area contributed by atoms with Crippen LogP contribution in [0.5, 0.6) is 0 Å². The molecule has 0 unspecified atom stereocenters. The standard InChI is InChI=1S/C21H28F4/c1-2-3-14-4-10-18(21(24,25)13-14)16-7-5-15(6-8-16)17-9-11-19(22)20(23)12-17/h9,11-12,14-16,18H,2-8,10,13H2,1H3/t14-,15?,16?,18+/m0/s1. The second-order valence-corrected chi connectivity index (χ2v) is 8.09. The van der Waals surface area contributed by atoms with E-state index in [1.165, 1.54) is 12.1 Å². The van der Waals surface area contributed by atoms with Crippen molar-refractivity contribution in [2.24, 2.45) is 17.8 Å². The highest BCUT2D eigenvalue weighted by molar-refractivity contribution is 5.22. The van der Waals surface area contributed by atoms with Crippen LogP contribution in [0.2, 0.25) is 0 Å². The van der Waals surface area contributed by atoms with Crippen LogP contribution in [0.4, 0.5) is 17.6 Å². The van der Waals surface area contributed by atoms with Crippen molar-refractivity contribution in [3.05, 3.63) is 35.4 Å². The Hall–Kier alpha value is -1.06. The number of benzene rings is 1. The lowest BCUT2D eigenvalue weighted by atomic mass is 9.66. The Bertz CT molecular complexity index is 575. The van der Waals surface area contributed by atoms with Crippen molar-refractivity contribution in [3.63, 3.8) is 0 Å². The minimum Gasteiger partial charge on any atom is -0.207 e. The number of halogens is 4. The van der Waals surface area contributed by atoms with E-state index in [0.717, 1.165) is 50.5 Å².